The summed E-state index contributed by atoms with van der Waals surface area (Å²) in [6.45, 7) is 10.5. The summed E-state index contributed by atoms with van der Waals surface area (Å²) in [5.41, 5.74) is 2.57. The molecule has 1 aromatic carbocycles. The Labute approximate surface area is 114 Å². The van der Waals surface area contributed by atoms with Crippen molar-refractivity contribution in [2.75, 3.05) is 31.1 Å². The van der Waals surface area contributed by atoms with Gasteiger partial charge in [-0.25, -0.2) is 4.79 Å². The number of carboxylic acids is 1. The second kappa shape index (κ2) is 5.61. The van der Waals surface area contributed by atoms with Crippen molar-refractivity contribution in [1.82, 2.24) is 4.90 Å². The quantitative estimate of drug-likeness (QED) is 0.907. The van der Waals surface area contributed by atoms with Gasteiger partial charge < -0.3 is 10.0 Å². The Kier molecular flexibility index (Phi) is 4.10. The van der Waals surface area contributed by atoms with E-state index in [9.17, 15) is 4.79 Å². The summed E-state index contributed by atoms with van der Waals surface area (Å²) in [5.74, 6) is -0.859. The average molecular weight is 262 g/mol. The van der Waals surface area contributed by atoms with E-state index in [4.69, 9.17) is 5.11 Å². The highest BCUT2D eigenvalue weighted by Gasteiger charge is 2.20. The highest BCUT2D eigenvalue weighted by atomic mass is 16.4. The number of rotatable bonds is 3. The van der Waals surface area contributed by atoms with Crippen molar-refractivity contribution in [2.24, 2.45) is 0 Å². The molecule has 2 rings (SSSR count). The molecule has 0 aliphatic carbocycles. The van der Waals surface area contributed by atoms with Crippen molar-refractivity contribution in [2.45, 2.75) is 26.8 Å². The van der Waals surface area contributed by atoms with Crippen molar-refractivity contribution in [3.63, 3.8) is 0 Å². The summed E-state index contributed by atoms with van der Waals surface area (Å²) in [7, 11) is 0. The molecule has 0 radical (unpaired) electrons. The Bertz CT molecular complexity index is 463. The number of nitrogens with zero attached hydrogens (tertiary/aromatic N) is 2. The Balaban J connectivity index is 2.15. The van der Waals surface area contributed by atoms with Crippen LogP contribution in [0, 0.1) is 6.92 Å². The van der Waals surface area contributed by atoms with Crippen molar-refractivity contribution < 1.29 is 9.90 Å². The van der Waals surface area contributed by atoms with Gasteiger partial charge in [0.05, 0.1) is 5.56 Å². The van der Waals surface area contributed by atoms with Gasteiger partial charge in [0, 0.05) is 37.9 Å². The Morgan fingerprint density at radius 2 is 1.84 bits per heavy atom. The summed E-state index contributed by atoms with van der Waals surface area (Å²) in [6.07, 6.45) is 0. The minimum absolute atomic E-state index is 0.367. The fourth-order valence-corrected chi connectivity index (χ4v) is 2.56. The van der Waals surface area contributed by atoms with Gasteiger partial charge in [-0.05, 0) is 38.5 Å². The van der Waals surface area contributed by atoms with E-state index in [-0.39, 0.29) is 0 Å². The maximum Gasteiger partial charge on any atom is 0.335 e. The van der Waals surface area contributed by atoms with Gasteiger partial charge in [-0.15, -0.1) is 0 Å². The third-order valence-electron chi connectivity index (χ3n) is 3.84. The number of carboxylic acid groups (broad SMARTS) is 1. The van der Waals surface area contributed by atoms with Crippen LogP contribution in [0.2, 0.25) is 0 Å². The lowest BCUT2D eigenvalue weighted by molar-refractivity contribution is 0.0697. The monoisotopic (exact) mass is 262 g/mol. The zero-order valence-electron chi connectivity index (χ0n) is 11.9. The topological polar surface area (TPSA) is 43.8 Å². The molecule has 104 valence electrons. The number of aryl methyl sites for hydroxylation is 1. The standard InChI is InChI=1S/C15H22N2O2/c1-11(2)16-6-8-17(9-7-16)14-10-13(15(18)19)5-4-12(14)3/h4-5,10-11H,6-9H2,1-3H3,(H,18,19). The number of hydrogen-bond donors (Lipinski definition) is 1. The zero-order chi connectivity index (χ0) is 14.0. The van der Waals surface area contributed by atoms with E-state index < -0.39 is 5.97 Å². The summed E-state index contributed by atoms with van der Waals surface area (Å²) in [6, 6.07) is 5.94. The molecule has 4 heteroatoms. The molecular formula is C15H22N2O2. The number of piperazine rings is 1. The van der Waals surface area contributed by atoms with Crippen molar-refractivity contribution in [3.05, 3.63) is 29.3 Å². The lowest BCUT2D eigenvalue weighted by Crippen LogP contribution is -2.49. The van der Waals surface area contributed by atoms with Crippen LogP contribution >= 0.6 is 0 Å². The molecule has 0 unspecified atom stereocenters. The minimum Gasteiger partial charge on any atom is -0.478 e. The van der Waals surface area contributed by atoms with Crippen molar-refractivity contribution in [3.8, 4) is 0 Å². The number of benzene rings is 1. The normalized spacial score (nSPS) is 16.9. The summed E-state index contributed by atoms with van der Waals surface area (Å²) in [5, 5.41) is 9.09. The first-order valence-corrected chi connectivity index (χ1v) is 6.82. The first kappa shape index (κ1) is 13.9. The SMILES string of the molecule is Cc1ccc(C(=O)O)cc1N1CCN(C(C)C)CC1. The molecule has 1 aromatic rings. The van der Waals surface area contributed by atoms with Crippen LogP contribution in [0.15, 0.2) is 18.2 Å². The largest absolute Gasteiger partial charge is 0.478 e. The predicted octanol–water partition coefficient (Wildman–Crippen LogP) is 2.22. The minimum atomic E-state index is -0.859. The smallest absolute Gasteiger partial charge is 0.335 e. The molecule has 1 saturated heterocycles. The fraction of sp³-hybridized carbons (Fsp3) is 0.533. The van der Waals surface area contributed by atoms with Crippen LogP contribution in [0.3, 0.4) is 0 Å². The van der Waals surface area contributed by atoms with Gasteiger partial charge in [0.25, 0.3) is 0 Å². The Morgan fingerprint density at radius 3 is 2.37 bits per heavy atom. The average Bonchev–Trinajstić information content (AvgIpc) is 2.39. The molecule has 0 aromatic heterocycles. The maximum absolute atomic E-state index is 11.1. The van der Waals surface area contributed by atoms with Gasteiger partial charge in [0.1, 0.15) is 0 Å². The Hall–Kier alpha value is -1.55. The van der Waals surface area contributed by atoms with Crippen molar-refractivity contribution >= 4 is 11.7 Å². The summed E-state index contributed by atoms with van der Waals surface area (Å²) in [4.78, 5) is 15.8. The van der Waals surface area contributed by atoms with E-state index in [1.807, 2.05) is 13.0 Å². The van der Waals surface area contributed by atoms with Crippen LogP contribution in [0.25, 0.3) is 0 Å². The third-order valence-corrected chi connectivity index (χ3v) is 3.84. The van der Waals surface area contributed by atoms with E-state index in [0.29, 0.717) is 11.6 Å². The summed E-state index contributed by atoms with van der Waals surface area (Å²) >= 11 is 0. The lowest BCUT2D eigenvalue weighted by atomic mass is 10.1. The van der Waals surface area contributed by atoms with Gasteiger partial charge in [-0.1, -0.05) is 6.07 Å². The molecule has 1 N–H and O–H groups in total. The lowest BCUT2D eigenvalue weighted by Gasteiger charge is -2.38. The van der Waals surface area contributed by atoms with Gasteiger partial charge >= 0.3 is 5.97 Å². The molecule has 0 spiro atoms. The van der Waals surface area contributed by atoms with Gasteiger partial charge in [0.15, 0.2) is 0 Å². The highest BCUT2D eigenvalue weighted by molar-refractivity contribution is 5.89. The van der Waals surface area contributed by atoms with E-state index in [1.54, 1.807) is 12.1 Å². The second-order valence-corrected chi connectivity index (χ2v) is 5.42. The van der Waals surface area contributed by atoms with E-state index in [2.05, 4.69) is 23.6 Å². The molecule has 1 heterocycles. The molecule has 0 amide bonds. The van der Waals surface area contributed by atoms with E-state index in [0.717, 1.165) is 37.4 Å². The fourth-order valence-electron chi connectivity index (χ4n) is 2.56. The number of anilines is 1. The first-order valence-electron chi connectivity index (χ1n) is 6.82. The second-order valence-electron chi connectivity index (χ2n) is 5.42. The molecule has 0 bridgehead atoms. The van der Waals surface area contributed by atoms with Gasteiger partial charge in [-0.2, -0.15) is 0 Å². The molecular weight excluding hydrogens is 240 g/mol. The number of hydrogen-bond acceptors (Lipinski definition) is 3. The van der Waals surface area contributed by atoms with Gasteiger partial charge in [-0.3, -0.25) is 4.90 Å². The molecule has 0 atom stereocenters. The molecule has 1 fully saturated rings. The maximum atomic E-state index is 11.1. The van der Waals surface area contributed by atoms with E-state index >= 15 is 0 Å². The van der Waals surface area contributed by atoms with Crippen LogP contribution in [-0.4, -0.2) is 48.2 Å². The number of aromatic carboxylic acids is 1. The molecule has 1 aliphatic heterocycles. The summed E-state index contributed by atoms with van der Waals surface area (Å²) < 4.78 is 0. The molecule has 19 heavy (non-hydrogen) atoms. The molecule has 4 nitrogen and oxygen atoms in total. The zero-order valence-corrected chi connectivity index (χ0v) is 11.9. The number of carbonyl (C=O) groups is 1. The van der Waals surface area contributed by atoms with Crippen LogP contribution in [0.1, 0.15) is 29.8 Å². The van der Waals surface area contributed by atoms with Crippen LogP contribution in [0.4, 0.5) is 5.69 Å². The predicted molar refractivity (Wildman–Crippen MR) is 77.1 cm³/mol. The van der Waals surface area contributed by atoms with Crippen LogP contribution in [-0.2, 0) is 0 Å². The molecule has 1 aliphatic rings. The van der Waals surface area contributed by atoms with Crippen LogP contribution in [0.5, 0.6) is 0 Å². The highest BCUT2D eigenvalue weighted by Crippen LogP contribution is 2.23. The van der Waals surface area contributed by atoms with Gasteiger partial charge in [0.2, 0.25) is 0 Å². The molecule has 0 saturated carbocycles. The first-order chi connectivity index (χ1) is 8.99. The third kappa shape index (κ3) is 3.07. The Morgan fingerprint density at radius 1 is 1.21 bits per heavy atom. The van der Waals surface area contributed by atoms with Crippen LogP contribution < -0.4 is 4.90 Å². The van der Waals surface area contributed by atoms with Crippen molar-refractivity contribution in [1.29, 1.82) is 0 Å². The van der Waals surface area contributed by atoms with E-state index in [1.165, 1.54) is 0 Å².